The molecule has 7 nitrogen and oxygen atoms in total. The third-order valence-electron chi connectivity index (χ3n) is 4.73. The molecule has 3 aromatic rings. The first-order chi connectivity index (χ1) is 14.1. The normalized spacial score (nSPS) is 15.7. The molecule has 148 valence electrons. The fourth-order valence-electron chi connectivity index (χ4n) is 3.13. The van der Waals surface area contributed by atoms with Crippen LogP contribution < -0.4 is 4.90 Å². The van der Waals surface area contributed by atoms with Gasteiger partial charge in [-0.15, -0.1) is 10.2 Å². The molecule has 0 aliphatic carbocycles. The number of hydrogen-bond donors (Lipinski definition) is 0. The molecule has 29 heavy (non-hydrogen) atoms. The number of rotatable bonds is 5. The Morgan fingerprint density at radius 2 is 1.55 bits per heavy atom. The van der Waals surface area contributed by atoms with E-state index in [1.165, 1.54) is 9.71 Å². The van der Waals surface area contributed by atoms with Gasteiger partial charge in [-0.3, -0.25) is 4.98 Å². The molecule has 1 saturated heterocycles. The quantitative estimate of drug-likeness (QED) is 0.647. The van der Waals surface area contributed by atoms with Gasteiger partial charge in [-0.25, -0.2) is 8.42 Å². The van der Waals surface area contributed by atoms with E-state index in [1.807, 2.05) is 65.6 Å². The highest BCUT2D eigenvalue weighted by molar-refractivity contribution is 7.92. The van der Waals surface area contributed by atoms with Gasteiger partial charge in [0.15, 0.2) is 5.82 Å². The molecule has 3 heterocycles. The Kier molecular flexibility index (Phi) is 5.64. The minimum Gasteiger partial charge on any atom is -0.352 e. The summed E-state index contributed by atoms with van der Waals surface area (Å²) >= 11 is 0. The zero-order valence-electron chi connectivity index (χ0n) is 15.8. The molecular formula is C21H21N5O2S. The van der Waals surface area contributed by atoms with Gasteiger partial charge in [0.2, 0.25) is 10.0 Å². The minimum absolute atomic E-state index is 0.408. The van der Waals surface area contributed by atoms with Crippen LogP contribution in [0.5, 0.6) is 0 Å². The third-order valence-corrected chi connectivity index (χ3v) is 6.30. The molecule has 0 unspecified atom stereocenters. The molecule has 1 aliphatic rings. The molecule has 1 fully saturated rings. The molecule has 0 bridgehead atoms. The van der Waals surface area contributed by atoms with E-state index < -0.39 is 10.0 Å². The van der Waals surface area contributed by atoms with Crippen LogP contribution >= 0.6 is 0 Å². The monoisotopic (exact) mass is 407 g/mol. The molecule has 1 aromatic carbocycles. The van der Waals surface area contributed by atoms with Crippen molar-refractivity contribution in [3.63, 3.8) is 0 Å². The van der Waals surface area contributed by atoms with E-state index in [0.29, 0.717) is 31.9 Å². The molecular weight excluding hydrogens is 386 g/mol. The van der Waals surface area contributed by atoms with Crippen molar-refractivity contribution >= 4 is 21.9 Å². The predicted molar refractivity (Wildman–Crippen MR) is 113 cm³/mol. The van der Waals surface area contributed by atoms with E-state index in [-0.39, 0.29) is 0 Å². The number of sulfonamides is 1. The number of aromatic nitrogens is 3. The van der Waals surface area contributed by atoms with Crippen molar-refractivity contribution in [2.75, 3.05) is 31.1 Å². The number of anilines is 1. The van der Waals surface area contributed by atoms with Crippen LogP contribution in [0.25, 0.3) is 17.5 Å². The molecule has 8 heteroatoms. The van der Waals surface area contributed by atoms with E-state index in [2.05, 4.69) is 15.2 Å². The van der Waals surface area contributed by atoms with Crippen molar-refractivity contribution < 1.29 is 8.42 Å². The summed E-state index contributed by atoms with van der Waals surface area (Å²) < 4.78 is 26.7. The summed E-state index contributed by atoms with van der Waals surface area (Å²) in [5.74, 6) is 0.738. The lowest BCUT2D eigenvalue weighted by Gasteiger charge is -2.33. The molecule has 0 atom stereocenters. The molecule has 0 radical (unpaired) electrons. The van der Waals surface area contributed by atoms with Crippen LogP contribution in [-0.2, 0) is 10.0 Å². The smallest absolute Gasteiger partial charge is 0.236 e. The summed E-state index contributed by atoms with van der Waals surface area (Å²) in [4.78, 5) is 6.32. The summed E-state index contributed by atoms with van der Waals surface area (Å²) in [6.07, 6.45) is 3.35. The highest BCUT2D eigenvalue weighted by Crippen LogP contribution is 2.19. The standard InChI is InChI=1S/C21H21N5O2S/c27-29(28,17-11-18-6-2-1-3-7-18)26-15-13-25(14-16-26)21-10-9-20(23-24-21)19-8-4-5-12-22-19/h1-12,17H,13-16H2/b17-11+. The summed E-state index contributed by atoms with van der Waals surface area (Å²) in [5, 5.41) is 9.83. The van der Waals surface area contributed by atoms with Gasteiger partial charge in [0.1, 0.15) is 5.69 Å². The van der Waals surface area contributed by atoms with Crippen molar-refractivity contribution in [1.82, 2.24) is 19.5 Å². The largest absolute Gasteiger partial charge is 0.352 e. The van der Waals surface area contributed by atoms with Gasteiger partial charge >= 0.3 is 0 Å². The van der Waals surface area contributed by atoms with Crippen LogP contribution in [0.1, 0.15) is 5.56 Å². The Balaban J connectivity index is 1.38. The molecule has 0 spiro atoms. The van der Waals surface area contributed by atoms with Gasteiger partial charge in [0, 0.05) is 37.8 Å². The van der Waals surface area contributed by atoms with Crippen LogP contribution in [-0.4, -0.2) is 54.1 Å². The summed E-state index contributed by atoms with van der Waals surface area (Å²) in [5.41, 5.74) is 2.34. The average molecular weight is 407 g/mol. The zero-order chi connectivity index (χ0) is 20.1. The molecule has 0 N–H and O–H groups in total. The van der Waals surface area contributed by atoms with E-state index >= 15 is 0 Å². The van der Waals surface area contributed by atoms with E-state index in [0.717, 1.165) is 17.1 Å². The van der Waals surface area contributed by atoms with E-state index in [1.54, 1.807) is 12.3 Å². The lowest BCUT2D eigenvalue weighted by Crippen LogP contribution is -2.48. The van der Waals surface area contributed by atoms with Crippen molar-refractivity contribution in [3.8, 4) is 11.4 Å². The minimum atomic E-state index is -3.45. The van der Waals surface area contributed by atoms with Crippen molar-refractivity contribution in [1.29, 1.82) is 0 Å². The Morgan fingerprint density at radius 3 is 2.21 bits per heavy atom. The number of piperazine rings is 1. The number of nitrogens with zero attached hydrogens (tertiary/aromatic N) is 5. The highest BCUT2D eigenvalue weighted by Gasteiger charge is 2.25. The van der Waals surface area contributed by atoms with Crippen LogP contribution in [0.15, 0.2) is 72.3 Å². The molecule has 1 aliphatic heterocycles. The fraction of sp³-hybridized carbons (Fsp3) is 0.190. The second kappa shape index (κ2) is 8.50. The van der Waals surface area contributed by atoms with Gasteiger partial charge < -0.3 is 4.90 Å². The summed E-state index contributed by atoms with van der Waals surface area (Å²) in [7, 11) is -3.45. The zero-order valence-corrected chi connectivity index (χ0v) is 16.6. The van der Waals surface area contributed by atoms with E-state index in [4.69, 9.17) is 0 Å². The molecule has 0 saturated carbocycles. The van der Waals surface area contributed by atoms with Gasteiger partial charge in [-0.05, 0) is 35.9 Å². The third kappa shape index (κ3) is 4.67. The Bertz CT molecular complexity index is 1060. The first-order valence-corrected chi connectivity index (χ1v) is 10.9. The summed E-state index contributed by atoms with van der Waals surface area (Å²) in [6.45, 7) is 1.95. The Hall–Kier alpha value is -3.10. The maximum Gasteiger partial charge on any atom is 0.236 e. The van der Waals surface area contributed by atoms with Crippen LogP contribution in [0, 0.1) is 0 Å². The average Bonchev–Trinajstić information content (AvgIpc) is 2.79. The Morgan fingerprint density at radius 1 is 0.793 bits per heavy atom. The number of hydrogen-bond acceptors (Lipinski definition) is 6. The van der Waals surface area contributed by atoms with Gasteiger partial charge in [0.25, 0.3) is 0 Å². The lowest BCUT2D eigenvalue weighted by atomic mass is 10.2. The fourth-order valence-corrected chi connectivity index (χ4v) is 4.30. The predicted octanol–water partition coefficient (Wildman–Crippen LogP) is 2.66. The number of benzene rings is 1. The van der Waals surface area contributed by atoms with Crippen molar-refractivity contribution in [2.45, 2.75) is 0 Å². The van der Waals surface area contributed by atoms with Gasteiger partial charge in [-0.1, -0.05) is 36.4 Å². The van der Waals surface area contributed by atoms with Crippen molar-refractivity contribution in [3.05, 3.63) is 77.8 Å². The Labute approximate surface area is 170 Å². The van der Waals surface area contributed by atoms with Crippen LogP contribution in [0.2, 0.25) is 0 Å². The van der Waals surface area contributed by atoms with Crippen molar-refractivity contribution in [2.24, 2.45) is 0 Å². The SMILES string of the molecule is O=S(=O)(/C=C/c1ccccc1)N1CCN(c2ccc(-c3ccccn3)nn2)CC1. The van der Waals surface area contributed by atoms with Crippen LogP contribution in [0.3, 0.4) is 0 Å². The maximum absolute atomic E-state index is 12.6. The lowest BCUT2D eigenvalue weighted by molar-refractivity contribution is 0.388. The maximum atomic E-state index is 12.6. The molecule has 2 aromatic heterocycles. The second-order valence-electron chi connectivity index (χ2n) is 6.64. The number of pyridine rings is 1. The van der Waals surface area contributed by atoms with Gasteiger partial charge in [-0.2, -0.15) is 4.31 Å². The molecule has 4 rings (SSSR count). The first kappa shape index (κ1) is 19.2. The van der Waals surface area contributed by atoms with E-state index in [9.17, 15) is 8.42 Å². The van der Waals surface area contributed by atoms with Crippen LogP contribution in [0.4, 0.5) is 5.82 Å². The topological polar surface area (TPSA) is 79.3 Å². The highest BCUT2D eigenvalue weighted by atomic mass is 32.2. The van der Waals surface area contributed by atoms with Gasteiger partial charge in [0.05, 0.1) is 5.69 Å². The second-order valence-corrected chi connectivity index (χ2v) is 8.45. The first-order valence-electron chi connectivity index (χ1n) is 9.35. The molecule has 0 amide bonds. The summed E-state index contributed by atoms with van der Waals surface area (Å²) in [6, 6.07) is 18.8.